The number of aliphatic hydroxyl groups is 4. The van der Waals surface area contributed by atoms with Gasteiger partial charge in [0.05, 0.1) is 31.2 Å². The van der Waals surface area contributed by atoms with Crippen molar-refractivity contribution >= 4 is 30.8 Å². The number of ether oxygens (including phenoxy) is 1. The lowest BCUT2D eigenvalue weighted by Crippen LogP contribution is -2.62. The molecule has 16 nitrogen and oxygen atoms in total. The van der Waals surface area contributed by atoms with E-state index in [0.29, 0.717) is 44.0 Å². The number of nitrogens with two attached hydrogens (primary N) is 1. The second kappa shape index (κ2) is 13.5. The number of fused-ring (bicyclic) bond motifs is 6. The number of phosphoric acid groups is 1. The number of carboxylic acid groups (broad SMARTS) is 1. The maximum Gasteiger partial charge on any atom is 0.472 e. The molecular formula is C34H52N5O11P. The Hall–Kier alpha value is -2.27. The van der Waals surface area contributed by atoms with Gasteiger partial charge in [-0.2, -0.15) is 0 Å². The molecule has 17 heteroatoms. The molecule has 4 saturated carbocycles. The summed E-state index contributed by atoms with van der Waals surface area (Å²) in [6.07, 6.45) is 0.851. The molecule has 51 heavy (non-hydrogen) atoms. The summed E-state index contributed by atoms with van der Waals surface area (Å²) in [6, 6.07) is 0. The van der Waals surface area contributed by atoms with Crippen molar-refractivity contribution in [2.75, 3.05) is 12.3 Å². The first-order chi connectivity index (χ1) is 24.0. The third kappa shape index (κ3) is 6.31. The standard InChI is InChI=1S/C34H52N5O11P/c1-16(4-7-25(42)43)19-5-6-20-26-21(12-24(41)34(19,20)3)33(2)9-8-18(10-17(33)11-22(26)40)50-51(46,47)48-13-23-28(44)29(45)32(49-23)39-15-38-27-30(35)36-14-37-31(27)39/h14-24,26,28-29,32,40-41,44-45H,4-13H2,1-3H3,(H,42,43)(H,46,47)(H2,35,36,37)/t16-,17+,18-,19-,20+,21+,22-,23-,24+,26+,28-,29-,32-,33+,34-/m1/s1. The second-order valence-corrected chi connectivity index (χ2v) is 17.8. The van der Waals surface area contributed by atoms with Crippen molar-refractivity contribution in [1.82, 2.24) is 19.5 Å². The van der Waals surface area contributed by atoms with E-state index in [1.165, 1.54) is 17.2 Å². The molecular weight excluding hydrogens is 685 g/mol. The topological polar surface area (TPSA) is 253 Å². The van der Waals surface area contributed by atoms with Crippen LogP contribution >= 0.6 is 7.82 Å². The Bertz CT molecular complexity index is 1670. The van der Waals surface area contributed by atoms with Gasteiger partial charge in [-0.3, -0.25) is 18.4 Å². The van der Waals surface area contributed by atoms with Gasteiger partial charge in [-0.05, 0) is 97.7 Å². The number of imidazole rings is 1. The molecule has 3 heterocycles. The molecule has 2 aromatic heterocycles. The zero-order valence-corrected chi connectivity index (χ0v) is 30.2. The molecule has 1 aliphatic heterocycles. The normalized spacial score (nSPS) is 44.0. The second-order valence-electron chi connectivity index (χ2n) is 16.4. The summed E-state index contributed by atoms with van der Waals surface area (Å²) in [6.45, 7) is 5.95. The van der Waals surface area contributed by atoms with Crippen molar-refractivity contribution in [3.05, 3.63) is 12.7 Å². The third-order valence-corrected chi connectivity index (χ3v) is 15.0. The Labute approximate surface area is 296 Å². The van der Waals surface area contributed by atoms with Crippen molar-refractivity contribution in [3.63, 3.8) is 0 Å². The van der Waals surface area contributed by atoms with Gasteiger partial charge in [-0.15, -0.1) is 0 Å². The highest BCUT2D eigenvalue weighted by atomic mass is 31.2. The van der Waals surface area contributed by atoms with E-state index in [4.69, 9.17) is 19.5 Å². The summed E-state index contributed by atoms with van der Waals surface area (Å²) >= 11 is 0. The van der Waals surface area contributed by atoms with Gasteiger partial charge in [-0.1, -0.05) is 20.8 Å². The summed E-state index contributed by atoms with van der Waals surface area (Å²) in [4.78, 5) is 34.2. The number of hydrogen-bond acceptors (Lipinski definition) is 13. The number of rotatable bonds is 10. The van der Waals surface area contributed by atoms with Crippen LogP contribution in [0.25, 0.3) is 11.2 Å². The van der Waals surface area contributed by atoms with Gasteiger partial charge in [0.1, 0.15) is 30.2 Å². The number of aliphatic hydroxyl groups excluding tert-OH is 4. The minimum atomic E-state index is -4.63. The summed E-state index contributed by atoms with van der Waals surface area (Å²) in [5.74, 6) is -0.131. The van der Waals surface area contributed by atoms with Crippen LogP contribution in [0.1, 0.15) is 84.8 Å². The summed E-state index contributed by atoms with van der Waals surface area (Å²) in [5.41, 5.74) is 5.83. The quantitative estimate of drug-likeness (QED) is 0.173. The van der Waals surface area contributed by atoms with E-state index in [1.54, 1.807) is 0 Å². The maximum absolute atomic E-state index is 13.2. The van der Waals surface area contributed by atoms with Crippen LogP contribution < -0.4 is 5.73 Å². The minimum Gasteiger partial charge on any atom is -0.481 e. The summed E-state index contributed by atoms with van der Waals surface area (Å²) < 4.78 is 31.4. The first-order valence-corrected chi connectivity index (χ1v) is 19.7. The monoisotopic (exact) mass is 737 g/mol. The fraction of sp³-hybridized carbons (Fsp3) is 0.824. The number of carbonyl (C=O) groups is 1. The molecule has 1 saturated heterocycles. The Kier molecular flexibility index (Phi) is 9.84. The van der Waals surface area contributed by atoms with E-state index in [0.717, 1.165) is 12.8 Å². The average Bonchev–Trinajstić information content (AvgIpc) is 3.74. The molecule has 284 valence electrons. The van der Waals surface area contributed by atoms with Crippen molar-refractivity contribution in [2.24, 2.45) is 46.3 Å². The van der Waals surface area contributed by atoms with Gasteiger partial charge in [0, 0.05) is 6.42 Å². The average molecular weight is 738 g/mol. The van der Waals surface area contributed by atoms with E-state index < -0.39 is 68.7 Å². The van der Waals surface area contributed by atoms with Crippen molar-refractivity contribution < 1.29 is 53.6 Å². The number of aliphatic carboxylic acids is 1. The highest BCUT2D eigenvalue weighted by molar-refractivity contribution is 7.47. The third-order valence-electron chi connectivity index (χ3n) is 14.0. The predicted molar refractivity (Wildman–Crippen MR) is 180 cm³/mol. The smallest absolute Gasteiger partial charge is 0.472 e. The number of nitrogens with zero attached hydrogens (tertiary/aromatic N) is 4. The fourth-order valence-corrected chi connectivity index (χ4v) is 12.3. The lowest BCUT2D eigenvalue weighted by molar-refractivity contribution is -0.206. The van der Waals surface area contributed by atoms with Crippen molar-refractivity contribution in [2.45, 2.75) is 121 Å². The lowest BCUT2D eigenvalue weighted by atomic mass is 9.43. The molecule has 0 radical (unpaired) electrons. The molecule has 0 amide bonds. The molecule has 8 N–H and O–H groups in total. The molecule has 2 aromatic rings. The summed E-state index contributed by atoms with van der Waals surface area (Å²) in [7, 11) is -4.63. The van der Waals surface area contributed by atoms with E-state index in [2.05, 4.69) is 35.7 Å². The molecule has 7 rings (SSSR count). The minimum absolute atomic E-state index is 0.00510. The maximum atomic E-state index is 13.2. The molecule has 4 aliphatic carbocycles. The van der Waals surface area contributed by atoms with Gasteiger partial charge in [0.25, 0.3) is 0 Å². The highest BCUT2D eigenvalue weighted by Gasteiger charge is 2.66. The van der Waals surface area contributed by atoms with E-state index in [9.17, 15) is 39.8 Å². The fourth-order valence-electron chi connectivity index (χ4n) is 11.3. The number of anilines is 1. The lowest BCUT2D eigenvalue weighted by Gasteiger charge is -2.63. The zero-order valence-electron chi connectivity index (χ0n) is 29.3. The van der Waals surface area contributed by atoms with Crippen LogP contribution in [-0.2, 0) is 23.1 Å². The van der Waals surface area contributed by atoms with Gasteiger partial charge >= 0.3 is 13.8 Å². The molecule has 5 fully saturated rings. The largest absolute Gasteiger partial charge is 0.481 e. The van der Waals surface area contributed by atoms with Crippen LogP contribution in [0.4, 0.5) is 5.82 Å². The van der Waals surface area contributed by atoms with Crippen molar-refractivity contribution in [3.8, 4) is 0 Å². The van der Waals surface area contributed by atoms with Gasteiger partial charge < -0.3 is 40.9 Å². The number of phosphoric ester groups is 1. The highest BCUT2D eigenvalue weighted by Crippen LogP contribution is 2.69. The van der Waals surface area contributed by atoms with Crippen LogP contribution in [0.15, 0.2) is 12.7 Å². The zero-order chi connectivity index (χ0) is 36.6. The molecule has 0 aromatic carbocycles. The summed E-state index contributed by atoms with van der Waals surface area (Å²) in [5, 5.41) is 54.3. The SMILES string of the molecule is C[C@H](CCC(=O)O)[C@H]1CC[C@H]2[C@@H]3[C@H](O)C[C@@H]4C[C@H](OP(=O)(O)OC[C@H]5O[C@@H](n6cnc7c(N)ncnc76)[C@H](O)[C@@H]5O)CC[C@]4(C)[C@H]3C[C@H](O)[C@]12C. The molecule has 16 atom stereocenters. The number of carboxylic acids is 1. The van der Waals surface area contributed by atoms with E-state index in [1.807, 2.05) is 0 Å². The Morgan fingerprint density at radius 1 is 1.10 bits per heavy atom. The molecule has 1 unspecified atom stereocenters. The van der Waals surface area contributed by atoms with Crippen LogP contribution in [-0.4, -0.2) is 99.1 Å². The Morgan fingerprint density at radius 2 is 1.86 bits per heavy atom. The van der Waals surface area contributed by atoms with Gasteiger partial charge in [0.15, 0.2) is 17.7 Å². The van der Waals surface area contributed by atoms with Gasteiger partial charge in [0.2, 0.25) is 0 Å². The molecule has 0 spiro atoms. The molecule has 5 aliphatic rings. The van der Waals surface area contributed by atoms with E-state index in [-0.39, 0.29) is 58.8 Å². The van der Waals surface area contributed by atoms with Crippen LogP contribution in [0.3, 0.4) is 0 Å². The first kappa shape index (κ1) is 37.1. The Morgan fingerprint density at radius 3 is 2.61 bits per heavy atom. The molecule has 0 bridgehead atoms. The predicted octanol–water partition coefficient (Wildman–Crippen LogP) is 2.63. The van der Waals surface area contributed by atoms with Crippen LogP contribution in [0.2, 0.25) is 0 Å². The number of nitrogen functional groups attached to an aromatic ring is 1. The van der Waals surface area contributed by atoms with Crippen LogP contribution in [0.5, 0.6) is 0 Å². The number of aromatic nitrogens is 4. The number of hydrogen-bond donors (Lipinski definition) is 7. The van der Waals surface area contributed by atoms with E-state index >= 15 is 0 Å². The van der Waals surface area contributed by atoms with Crippen molar-refractivity contribution in [1.29, 1.82) is 0 Å². The first-order valence-electron chi connectivity index (χ1n) is 18.2. The van der Waals surface area contributed by atoms with Gasteiger partial charge in [-0.25, -0.2) is 19.5 Å². The van der Waals surface area contributed by atoms with Crippen LogP contribution in [0, 0.1) is 46.3 Å². The Balaban J connectivity index is 0.975.